The SMILES string of the molecule is CCCCCCCCCCCCCCCCCCCCCC(=O)O[C@@H](COC(=O)CCCCCCCCCCCCCCCCCCCCC(C)C)COC(=O)CCCCCCCCC(C)C. The second-order valence-corrected chi connectivity index (χ2v) is 21.9. The molecule has 0 amide bonds. The molecule has 0 heterocycles. The van der Waals surface area contributed by atoms with Crippen LogP contribution in [0.5, 0.6) is 0 Å². The van der Waals surface area contributed by atoms with Crippen LogP contribution in [0.1, 0.15) is 343 Å². The standard InChI is InChI=1S/C61H118O6/c1-6-7-8-9-10-11-12-13-14-15-16-21-24-27-30-33-36-43-48-53-61(64)67-58(55-66-60(63)52-47-42-38-37-40-45-50-57(4)5)54-65-59(62)51-46-41-35-32-29-26-23-20-18-17-19-22-25-28-31-34-39-44-49-56(2)3/h56-58H,6-55H2,1-5H3/t58-/m0/s1. The summed E-state index contributed by atoms with van der Waals surface area (Å²) in [6.07, 6.45) is 58.4. The predicted molar refractivity (Wildman–Crippen MR) is 289 cm³/mol. The number of hydrogen-bond donors (Lipinski definition) is 0. The maximum Gasteiger partial charge on any atom is 0.306 e. The molecule has 67 heavy (non-hydrogen) atoms. The molecule has 398 valence electrons. The van der Waals surface area contributed by atoms with Gasteiger partial charge in [0.25, 0.3) is 0 Å². The van der Waals surface area contributed by atoms with Crippen LogP contribution in [0.3, 0.4) is 0 Å². The van der Waals surface area contributed by atoms with E-state index in [0.717, 1.165) is 69.6 Å². The van der Waals surface area contributed by atoms with Crippen molar-refractivity contribution in [1.82, 2.24) is 0 Å². The topological polar surface area (TPSA) is 78.9 Å². The van der Waals surface area contributed by atoms with Gasteiger partial charge in [-0.3, -0.25) is 14.4 Å². The molecule has 0 aliphatic heterocycles. The van der Waals surface area contributed by atoms with E-state index in [4.69, 9.17) is 14.2 Å². The zero-order chi connectivity index (χ0) is 48.9. The molecule has 0 rings (SSSR count). The Balaban J connectivity index is 4.17. The lowest BCUT2D eigenvalue weighted by Gasteiger charge is -2.18. The molecule has 0 aliphatic rings. The van der Waals surface area contributed by atoms with Gasteiger partial charge in [-0.1, -0.05) is 304 Å². The lowest BCUT2D eigenvalue weighted by atomic mass is 10.0. The van der Waals surface area contributed by atoms with Gasteiger partial charge in [0.15, 0.2) is 6.10 Å². The van der Waals surface area contributed by atoms with Crippen molar-refractivity contribution in [3.8, 4) is 0 Å². The summed E-state index contributed by atoms with van der Waals surface area (Å²) in [6.45, 7) is 11.4. The van der Waals surface area contributed by atoms with E-state index < -0.39 is 6.10 Å². The van der Waals surface area contributed by atoms with E-state index >= 15 is 0 Å². The van der Waals surface area contributed by atoms with Gasteiger partial charge in [-0.05, 0) is 31.1 Å². The van der Waals surface area contributed by atoms with Gasteiger partial charge < -0.3 is 14.2 Å². The van der Waals surface area contributed by atoms with Crippen molar-refractivity contribution in [2.45, 2.75) is 349 Å². The van der Waals surface area contributed by atoms with Crippen molar-refractivity contribution >= 4 is 17.9 Å². The molecule has 0 bridgehead atoms. The highest BCUT2D eigenvalue weighted by Gasteiger charge is 2.19. The number of esters is 3. The summed E-state index contributed by atoms with van der Waals surface area (Å²) in [6, 6.07) is 0. The van der Waals surface area contributed by atoms with E-state index in [1.807, 2.05) is 0 Å². The molecule has 0 fully saturated rings. The molecule has 0 aromatic heterocycles. The molecular weight excluding hydrogens is 829 g/mol. The minimum atomic E-state index is -0.763. The molecule has 6 heteroatoms. The Morgan fingerprint density at radius 3 is 0.731 bits per heavy atom. The van der Waals surface area contributed by atoms with Crippen molar-refractivity contribution in [3.63, 3.8) is 0 Å². The van der Waals surface area contributed by atoms with Crippen molar-refractivity contribution < 1.29 is 28.6 Å². The van der Waals surface area contributed by atoms with Crippen molar-refractivity contribution in [2.24, 2.45) is 11.8 Å². The van der Waals surface area contributed by atoms with Crippen LogP contribution >= 0.6 is 0 Å². The minimum Gasteiger partial charge on any atom is -0.462 e. The maximum absolute atomic E-state index is 12.9. The third-order valence-corrected chi connectivity index (χ3v) is 14.0. The van der Waals surface area contributed by atoms with E-state index in [1.165, 1.54) is 231 Å². The van der Waals surface area contributed by atoms with Crippen LogP contribution in [0.4, 0.5) is 0 Å². The average Bonchev–Trinajstić information content (AvgIpc) is 3.30. The van der Waals surface area contributed by atoms with E-state index in [2.05, 4.69) is 34.6 Å². The fourth-order valence-electron chi connectivity index (χ4n) is 9.40. The van der Waals surface area contributed by atoms with Crippen LogP contribution in [-0.2, 0) is 28.6 Å². The molecule has 1 atom stereocenters. The molecule has 0 saturated heterocycles. The Kier molecular flexibility index (Phi) is 52.5. The van der Waals surface area contributed by atoms with Crippen LogP contribution in [-0.4, -0.2) is 37.2 Å². The molecule has 0 N–H and O–H groups in total. The average molecular weight is 948 g/mol. The molecule has 0 unspecified atom stereocenters. The van der Waals surface area contributed by atoms with E-state index in [1.54, 1.807) is 0 Å². The molecule has 0 aromatic rings. The largest absolute Gasteiger partial charge is 0.462 e. The highest BCUT2D eigenvalue weighted by Crippen LogP contribution is 2.19. The number of hydrogen-bond acceptors (Lipinski definition) is 6. The summed E-state index contributed by atoms with van der Waals surface area (Å²) in [5.41, 5.74) is 0. The van der Waals surface area contributed by atoms with Crippen LogP contribution < -0.4 is 0 Å². The van der Waals surface area contributed by atoms with Crippen LogP contribution in [0.25, 0.3) is 0 Å². The van der Waals surface area contributed by atoms with Gasteiger partial charge in [0.2, 0.25) is 0 Å². The molecule has 0 spiro atoms. The van der Waals surface area contributed by atoms with Crippen LogP contribution in [0, 0.1) is 11.8 Å². The predicted octanol–water partition coefficient (Wildman–Crippen LogP) is 20.0. The number of carbonyl (C=O) groups is 3. The summed E-state index contributed by atoms with van der Waals surface area (Å²) < 4.78 is 16.9. The van der Waals surface area contributed by atoms with E-state index in [0.29, 0.717) is 19.3 Å². The monoisotopic (exact) mass is 947 g/mol. The van der Waals surface area contributed by atoms with Crippen molar-refractivity contribution in [3.05, 3.63) is 0 Å². The fourth-order valence-corrected chi connectivity index (χ4v) is 9.40. The van der Waals surface area contributed by atoms with Crippen molar-refractivity contribution in [2.75, 3.05) is 13.2 Å². The minimum absolute atomic E-state index is 0.0634. The Morgan fingerprint density at radius 2 is 0.493 bits per heavy atom. The van der Waals surface area contributed by atoms with Crippen molar-refractivity contribution in [1.29, 1.82) is 0 Å². The van der Waals surface area contributed by atoms with Gasteiger partial charge in [-0.2, -0.15) is 0 Å². The number of ether oxygens (including phenoxy) is 3. The Bertz CT molecular complexity index is 1020. The normalized spacial score (nSPS) is 12.0. The summed E-state index contributed by atoms with van der Waals surface area (Å²) in [7, 11) is 0. The summed E-state index contributed by atoms with van der Waals surface area (Å²) >= 11 is 0. The first-order valence-corrected chi connectivity index (χ1v) is 30.2. The lowest BCUT2D eigenvalue weighted by molar-refractivity contribution is -0.167. The highest BCUT2D eigenvalue weighted by atomic mass is 16.6. The first-order valence-electron chi connectivity index (χ1n) is 30.2. The van der Waals surface area contributed by atoms with Gasteiger partial charge in [-0.15, -0.1) is 0 Å². The zero-order valence-corrected chi connectivity index (χ0v) is 46.0. The Morgan fingerprint density at radius 1 is 0.284 bits per heavy atom. The molecule has 0 saturated carbocycles. The second kappa shape index (κ2) is 53.8. The third kappa shape index (κ3) is 55.2. The van der Waals surface area contributed by atoms with Gasteiger partial charge in [0.05, 0.1) is 0 Å². The Hall–Kier alpha value is -1.59. The van der Waals surface area contributed by atoms with E-state index in [9.17, 15) is 14.4 Å². The fraction of sp³-hybridized carbons (Fsp3) is 0.951. The smallest absolute Gasteiger partial charge is 0.306 e. The molecular formula is C61H118O6. The quantitative estimate of drug-likeness (QED) is 0.0343. The van der Waals surface area contributed by atoms with Gasteiger partial charge in [0.1, 0.15) is 13.2 Å². The van der Waals surface area contributed by atoms with Crippen LogP contribution in [0.2, 0.25) is 0 Å². The summed E-state index contributed by atoms with van der Waals surface area (Å²) in [4.78, 5) is 38.1. The number of rotatable bonds is 55. The zero-order valence-electron chi connectivity index (χ0n) is 46.0. The maximum atomic E-state index is 12.9. The number of carbonyl (C=O) groups excluding carboxylic acids is 3. The first kappa shape index (κ1) is 65.4. The molecule has 0 aromatic carbocycles. The molecule has 0 radical (unpaired) electrons. The lowest BCUT2D eigenvalue weighted by Crippen LogP contribution is -2.30. The van der Waals surface area contributed by atoms with E-state index in [-0.39, 0.29) is 31.1 Å². The highest BCUT2D eigenvalue weighted by molar-refractivity contribution is 5.71. The second-order valence-electron chi connectivity index (χ2n) is 21.9. The Labute approximate surface area is 418 Å². The van der Waals surface area contributed by atoms with Gasteiger partial charge in [0, 0.05) is 19.3 Å². The number of unbranched alkanes of at least 4 members (excludes halogenated alkanes) is 40. The molecule has 0 aliphatic carbocycles. The summed E-state index contributed by atoms with van der Waals surface area (Å²) in [5, 5.41) is 0. The van der Waals surface area contributed by atoms with Crippen LogP contribution in [0.15, 0.2) is 0 Å². The summed E-state index contributed by atoms with van der Waals surface area (Å²) in [5.74, 6) is 0.779. The van der Waals surface area contributed by atoms with Gasteiger partial charge in [-0.25, -0.2) is 0 Å². The third-order valence-electron chi connectivity index (χ3n) is 14.0. The van der Waals surface area contributed by atoms with Gasteiger partial charge >= 0.3 is 17.9 Å². The molecule has 6 nitrogen and oxygen atoms in total. The first-order chi connectivity index (χ1) is 32.7.